The van der Waals surface area contributed by atoms with E-state index < -0.39 is 6.04 Å². The van der Waals surface area contributed by atoms with Crippen LogP contribution in [-0.2, 0) is 0 Å². The van der Waals surface area contributed by atoms with E-state index in [0.29, 0.717) is 24.2 Å². The maximum Gasteiger partial charge on any atom is 0.256 e. The monoisotopic (exact) mass is 379 g/mol. The number of halogens is 1. The van der Waals surface area contributed by atoms with Crippen LogP contribution in [-0.4, -0.2) is 43.9 Å². The van der Waals surface area contributed by atoms with Gasteiger partial charge in [-0.05, 0) is 49.2 Å². The zero-order valence-corrected chi connectivity index (χ0v) is 15.0. The van der Waals surface area contributed by atoms with Gasteiger partial charge in [-0.1, -0.05) is 0 Å². The van der Waals surface area contributed by atoms with Crippen molar-refractivity contribution in [1.29, 1.82) is 0 Å². The van der Waals surface area contributed by atoms with Gasteiger partial charge in [-0.2, -0.15) is 5.10 Å². The molecular formula is C20H18FN5O2. The van der Waals surface area contributed by atoms with E-state index in [2.05, 4.69) is 10.1 Å². The number of nitrogen functional groups attached to an aromatic ring is 1. The Morgan fingerprint density at radius 2 is 1.93 bits per heavy atom. The molecule has 3 heterocycles. The third-order valence-corrected chi connectivity index (χ3v) is 4.87. The second-order valence-electron chi connectivity index (χ2n) is 6.59. The van der Waals surface area contributed by atoms with Crippen molar-refractivity contribution in [2.24, 2.45) is 0 Å². The molecule has 142 valence electrons. The fourth-order valence-corrected chi connectivity index (χ4v) is 3.45. The van der Waals surface area contributed by atoms with Gasteiger partial charge in [0.2, 0.25) is 0 Å². The Morgan fingerprint density at radius 3 is 2.64 bits per heavy atom. The predicted molar refractivity (Wildman–Crippen MR) is 101 cm³/mol. The Morgan fingerprint density at radius 1 is 1.14 bits per heavy atom. The van der Waals surface area contributed by atoms with Gasteiger partial charge in [0.05, 0.1) is 29.1 Å². The van der Waals surface area contributed by atoms with Crippen molar-refractivity contribution in [3.63, 3.8) is 0 Å². The lowest BCUT2D eigenvalue weighted by atomic mass is 10.0. The number of ketones is 1. The number of anilines is 1. The summed E-state index contributed by atoms with van der Waals surface area (Å²) in [5.41, 5.74) is 7.39. The first-order valence-corrected chi connectivity index (χ1v) is 8.91. The molecule has 2 N–H and O–H groups in total. The van der Waals surface area contributed by atoms with Gasteiger partial charge in [0.25, 0.3) is 5.91 Å². The maximum atomic E-state index is 13.1. The van der Waals surface area contributed by atoms with Gasteiger partial charge in [-0.15, -0.1) is 0 Å². The van der Waals surface area contributed by atoms with Gasteiger partial charge in [0.15, 0.2) is 5.78 Å². The van der Waals surface area contributed by atoms with Crippen LogP contribution in [0.25, 0.3) is 5.69 Å². The molecule has 0 spiro atoms. The number of likely N-dealkylation sites (tertiary alicyclic amines) is 1. The number of nitrogens with zero attached hydrogens (tertiary/aromatic N) is 4. The van der Waals surface area contributed by atoms with Gasteiger partial charge < -0.3 is 10.6 Å². The van der Waals surface area contributed by atoms with E-state index in [9.17, 15) is 14.0 Å². The number of benzene rings is 1. The lowest BCUT2D eigenvalue weighted by Gasteiger charge is -2.23. The second-order valence-corrected chi connectivity index (χ2v) is 6.59. The molecule has 1 amide bonds. The molecule has 4 rings (SSSR count). The summed E-state index contributed by atoms with van der Waals surface area (Å²) in [6, 6.07) is 8.41. The van der Waals surface area contributed by atoms with E-state index in [-0.39, 0.29) is 28.9 Å². The van der Waals surface area contributed by atoms with E-state index in [0.717, 1.165) is 6.42 Å². The summed E-state index contributed by atoms with van der Waals surface area (Å²) in [6.07, 6.45) is 5.77. The molecule has 0 aliphatic carbocycles. The summed E-state index contributed by atoms with van der Waals surface area (Å²) in [4.78, 5) is 31.4. The molecular weight excluding hydrogens is 361 g/mol. The molecule has 28 heavy (non-hydrogen) atoms. The van der Waals surface area contributed by atoms with Gasteiger partial charge in [0, 0.05) is 18.9 Å². The molecule has 1 aliphatic rings. The molecule has 1 fully saturated rings. The van der Waals surface area contributed by atoms with Gasteiger partial charge in [-0.3, -0.25) is 14.6 Å². The van der Waals surface area contributed by atoms with E-state index in [1.54, 1.807) is 23.2 Å². The highest BCUT2D eigenvalue weighted by Crippen LogP contribution is 2.26. The largest absolute Gasteiger partial charge is 0.383 e. The zero-order valence-electron chi connectivity index (χ0n) is 15.0. The Bertz CT molecular complexity index is 1020. The van der Waals surface area contributed by atoms with E-state index in [4.69, 9.17) is 5.73 Å². The highest BCUT2D eigenvalue weighted by molar-refractivity contribution is 6.07. The number of carbonyl (C=O) groups is 2. The SMILES string of the molecule is Nc1c(C(=O)[C@@H]2CCCN2C(=O)c2cccnc2)cnn1-c1ccc(F)cc1. The topological polar surface area (TPSA) is 94.1 Å². The molecule has 0 bridgehead atoms. The van der Waals surface area contributed by atoms with Crippen molar-refractivity contribution >= 4 is 17.5 Å². The molecule has 0 radical (unpaired) electrons. The summed E-state index contributed by atoms with van der Waals surface area (Å²) in [5, 5.41) is 4.17. The number of hydrogen-bond donors (Lipinski definition) is 1. The average Bonchev–Trinajstić information content (AvgIpc) is 3.35. The molecule has 3 aromatic rings. The average molecular weight is 379 g/mol. The molecule has 7 nitrogen and oxygen atoms in total. The van der Waals surface area contributed by atoms with Crippen LogP contribution in [0, 0.1) is 5.82 Å². The van der Waals surface area contributed by atoms with Gasteiger partial charge in [0.1, 0.15) is 11.6 Å². The molecule has 1 aliphatic heterocycles. The molecule has 1 saturated heterocycles. The highest BCUT2D eigenvalue weighted by Gasteiger charge is 2.36. The number of pyridine rings is 1. The van der Waals surface area contributed by atoms with Crippen LogP contribution in [0.15, 0.2) is 55.0 Å². The number of carbonyl (C=O) groups excluding carboxylic acids is 2. The first kappa shape index (κ1) is 17.8. The van der Waals surface area contributed by atoms with Crippen LogP contribution in [0.3, 0.4) is 0 Å². The minimum atomic E-state index is -0.596. The Labute approximate surface area is 160 Å². The van der Waals surface area contributed by atoms with Crippen molar-refractivity contribution in [3.05, 3.63) is 71.9 Å². The van der Waals surface area contributed by atoms with Crippen LogP contribution < -0.4 is 5.73 Å². The van der Waals surface area contributed by atoms with Crippen LogP contribution in [0.4, 0.5) is 10.2 Å². The number of aromatic nitrogens is 3. The van der Waals surface area contributed by atoms with E-state index >= 15 is 0 Å². The zero-order chi connectivity index (χ0) is 19.7. The maximum absolute atomic E-state index is 13.1. The third kappa shape index (κ3) is 3.13. The van der Waals surface area contributed by atoms with Gasteiger partial charge in [-0.25, -0.2) is 9.07 Å². The minimum absolute atomic E-state index is 0.164. The molecule has 0 unspecified atom stereocenters. The van der Waals surface area contributed by atoms with Crippen molar-refractivity contribution in [2.45, 2.75) is 18.9 Å². The Balaban J connectivity index is 1.60. The molecule has 1 atom stereocenters. The Hall–Kier alpha value is -3.55. The first-order chi connectivity index (χ1) is 13.6. The Kier molecular flexibility index (Phi) is 4.60. The summed E-state index contributed by atoms with van der Waals surface area (Å²) < 4.78 is 14.5. The van der Waals surface area contributed by atoms with Crippen molar-refractivity contribution in [2.75, 3.05) is 12.3 Å². The fourth-order valence-electron chi connectivity index (χ4n) is 3.45. The van der Waals surface area contributed by atoms with E-state index in [1.807, 2.05) is 0 Å². The first-order valence-electron chi connectivity index (χ1n) is 8.91. The van der Waals surface area contributed by atoms with Crippen LogP contribution in [0.2, 0.25) is 0 Å². The van der Waals surface area contributed by atoms with Crippen LogP contribution in [0.5, 0.6) is 0 Å². The number of hydrogen-bond acceptors (Lipinski definition) is 5. The summed E-state index contributed by atoms with van der Waals surface area (Å²) in [6.45, 7) is 0.496. The quantitative estimate of drug-likeness (QED) is 0.703. The van der Waals surface area contributed by atoms with Crippen molar-refractivity contribution in [3.8, 4) is 5.69 Å². The van der Waals surface area contributed by atoms with Gasteiger partial charge >= 0.3 is 0 Å². The molecule has 8 heteroatoms. The molecule has 2 aromatic heterocycles. The number of nitrogens with two attached hydrogens (primary N) is 1. The third-order valence-electron chi connectivity index (χ3n) is 4.87. The highest BCUT2D eigenvalue weighted by atomic mass is 19.1. The molecule has 0 saturated carbocycles. The fraction of sp³-hybridized carbons (Fsp3) is 0.200. The number of amides is 1. The van der Waals surface area contributed by atoms with E-state index in [1.165, 1.54) is 41.3 Å². The van der Waals surface area contributed by atoms with Crippen molar-refractivity contribution in [1.82, 2.24) is 19.7 Å². The normalized spacial score (nSPS) is 16.3. The number of Topliss-reactive ketones (excluding diaryl/α,β-unsaturated/α-hetero) is 1. The minimum Gasteiger partial charge on any atom is -0.383 e. The lowest BCUT2D eigenvalue weighted by Crippen LogP contribution is -2.40. The standard InChI is InChI=1S/C20H18FN5O2/c21-14-5-7-15(8-6-14)26-19(22)16(12-24-26)18(27)17-4-2-10-25(17)20(28)13-3-1-9-23-11-13/h1,3,5-9,11-12,17H,2,4,10,22H2/t17-/m0/s1. The number of rotatable bonds is 4. The van der Waals surface area contributed by atoms with Crippen molar-refractivity contribution < 1.29 is 14.0 Å². The molecule has 1 aromatic carbocycles. The predicted octanol–water partition coefficient (Wildman–Crippen LogP) is 2.48. The van der Waals surface area contributed by atoms with Crippen LogP contribution in [0.1, 0.15) is 33.6 Å². The summed E-state index contributed by atoms with van der Waals surface area (Å²) in [7, 11) is 0. The van der Waals surface area contributed by atoms with Crippen LogP contribution >= 0.6 is 0 Å². The summed E-state index contributed by atoms with van der Waals surface area (Å²) >= 11 is 0. The smallest absolute Gasteiger partial charge is 0.256 e. The lowest BCUT2D eigenvalue weighted by molar-refractivity contribution is 0.0671. The second kappa shape index (κ2) is 7.22. The summed E-state index contributed by atoms with van der Waals surface area (Å²) in [5.74, 6) is -0.687.